The van der Waals surface area contributed by atoms with Crippen LogP contribution in [-0.4, -0.2) is 11.5 Å². The lowest BCUT2D eigenvalue weighted by molar-refractivity contribution is -0.116. The molecule has 0 aromatic heterocycles. The number of hydrogen-bond donors (Lipinski definition) is 1. The molecule has 2 heteroatoms. The second-order valence-electron chi connectivity index (χ2n) is 3.61. The van der Waals surface area contributed by atoms with Gasteiger partial charge in [-0.25, -0.2) is 0 Å². The molecule has 0 amide bonds. The predicted octanol–water partition coefficient (Wildman–Crippen LogP) is 2.60. The minimum atomic E-state index is 0.214. The predicted molar refractivity (Wildman–Crippen MR) is 63.1 cm³/mol. The smallest absolute Gasteiger partial charge is 0.134 e. The molecule has 0 N–H and O–H groups in total. The summed E-state index contributed by atoms with van der Waals surface area (Å²) in [5.41, 5.74) is 3.70. The zero-order valence-electron chi connectivity index (χ0n) is 8.71. The fourth-order valence-electron chi connectivity index (χ4n) is 1.56. The van der Waals surface area contributed by atoms with Gasteiger partial charge in [0.05, 0.1) is 0 Å². The van der Waals surface area contributed by atoms with Gasteiger partial charge in [0.25, 0.3) is 0 Å². The second kappa shape index (κ2) is 5.20. The zero-order chi connectivity index (χ0) is 10.6. The molecule has 0 aliphatic carbocycles. The van der Waals surface area contributed by atoms with E-state index in [-0.39, 0.29) is 5.78 Å². The molecule has 0 fully saturated rings. The van der Waals surface area contributed by atoms with E-state index in [1.165, 1.54) is 11.1 Å². The van der Waals surface area contributed by atoms with Crippen LogP contribution < -0.4 is 0 Å². The van der Waals surface area contributed by atoms with Gasteiger partial charge in [0.15, 0.2) is 0 Å². The van der Waals surface area contributed by atoms with E-state index in [0.29, 0.717) is 6.42 Å². The van der Waals surface area contributed by atoms with Crippen LogP contribution in [0.5, 0.6) is 0 Å². The maximum atomic E-state index is 10.9. The minimum absolute atomic E-state index is 0.214. The standard InChI is InChI=1S/C12H16OS/c1-9-7-11(8-10(2)13)3-4-12(9)5-6-14/h3-4,7,14H,5-6,8H2,1-2H3. The van der Waals surface area contributed by atoms with E-state index in [1.807, 2.05) is 6.07 Å². The zero-order valence-corrected chi connectivity index (χ0v) is 9.60. The van der Waals surface area contributed by atoms with Crippen molar-refractivity contribution in [3.05, 3.63) is 34.9 Å². The van der Waals surface area contributed by atoms with E-state index in [9.17, 15) is 4.79 Å². The van der Waals surface area contributed by atoms with E-state index in [2.05, 4.69) is 31.7 Å². The van der Waals surface area contributed by atoms with Crippen LogP contribution in [0.4, 0.5) is 0 Å². The SMILES string of the molecule is CC(=O)Cc1ccc(CCS)c(C)c1. The average molecular weight is 208 g/mol. The number of rotatable bonds is 4. The first-order chi connectivity index (χ1) is 6.63. The lowest BCUT2D eigenvalue weighted by Gasteiger charge is -2.06. The van der Waals surface area contributed by atoms with Crippen molar-refractivity contribution in [1.29, 1.82) is 0 Å². The number of carbonyl (C=O) groups is 1. The van der Waals surface area contributed by atoms with Gasteiger partial charge in [0.2, 0.25) is 0 Å². The first-order valence-corrected chi connectivity index (χ1v) is 5.45. The average Bonchev–Trinajstić information content (AvgIpc) is 2.09. The number of benzene rings is 1. The third-order valence-electron chi connectivity index (χ3n) is 2.24. The molecular weight excluding hydrogens is 192 g/mol. The summed E-state index contributed by atoms with van der Waals surface area (Å²) in [5, 5.41) is 0. The van der Waals surface area contributed by atoms with Gasteiger partial charge in [-0.05, 0) is 42.7 Å². The molecule has 0 atom stereocenters. The molecule has 1 nitrogen and oxygen atoms in total. The van der Waals surface area contributed by atoms with Crippen LogP contribution in [0.2, 0.25) is 0 Å². The summed E-state index contributed by atoms with van der Waals surface area (Å²) >= 11 is 4.21. The lowest BCUT2D eigenvalue weighted by atomic mass is 10.0. The molecule has 0 saturated heterocycles. The normalized spacial score (nSPS) is 10.2. The topological polar surface area (TPSA) is 17.1 Å². The Hall–Kier alpha value is -0.760. The van der Waals surface area contributed by atoms with Crippen molar-refractivity contribution < 1.29 is 4.79 Å². The summed E-state index contributed by atoms with van der Waals surface area (Å²) in [6, 6.07) is 6.23. The molecule has 1 aromatic rings. The van der Waals surface area contributed by atoms with Crippen molar-refractivity contribution in [3.8, 4) is 0 Å². The maximum absolute atomic E-state index is 10.9. The van der Waals surface area contributed by atoms with E-state index >= 15 is 0 Å². The number of ketones is 1. The second-order valence-corrected chi connectivity index (χ2v) is 4.06. The Morgan fingerprint density at radius 2 is 2.14 bits per heavy atom. The van der Waals surface area contributed by atoms with Gasteiger partial charge in [-0.15, -0.1) is 0 Å². The lowest BCUT2D eigenvalue weighted by Crippen LogP contribution is -1.98. The van der Waals surface area contributed by atoms with E-state index in [1.54, 1.807) is 6.92 Å². The highest BCUT2D eigenvalue weighted by Crippen LogP contribution is 2.13. The van der Waals surface area contributed by atoms with Gasteiger partial charge < -0.3 is 0 Å². The molecule has 0 saturated carbocycles. The highest BCUT2D eigenvalue weighted by molar-refractivity contribution is 7.80. The van der Waals surface area contributed by atoms with E-state index in [4.69, 9.17) is 0 Å². The monoisotopic (exact) mass is 208 g/mol. The number of hydrogen-bond acceptors (Lipinski definition) is 2. The molecule has 1 rings (SSSR count). The number of Topliss-reactive ketones (excluding diaryl/α,β-unsaturated/α-hetero) is 1. The molecule has 0 bridgehead atoms. The summed E-state index contributed by atoms with van der Waals surface area (Å²) in [6.07, 6.45) is 1.54. The van der Waals surface area contributed by atoms with Crippen LogP contribution in [0.1, 0.15) is 23.6 Å². The quantitative estimate of drug-likeness (QED) is 0.753. The summed E-state index contributed by atoms with van der Waals surface area (Å²) in [7, 11) is 0. The van der Waals surface area contributed by atoms with Gasteiger partial charge in [-0.1, -0.05) is 18.2 Å². The van der Waals surface area contributed by atoms with Crippen molar-refractivity contribution in [2.45, 2.75) is 26.7 Å². The van der Waals surface area contributed by atoms with Crippen LogP contribution in [-0.2, 0) is 17.6 Å². The molecular formula is C12H16OS. The molecule has 0 aliphatic rings. The molecule has 14 heavy (non-hydrogen) atoms. The van der Waals surface area contributed by atoms with Gasteiger partial charge in [0, 0.05) is 6.42 Å². The molecule has 76 valence electrons. The number of carbonyl (C=O) groups excluding carboxylic acids is 1. The van der Waals surface area contributed by atoms with Crippen molar-refractivity contribution in [2.75, 3.05) is 5.75 Å². The first kappa shape index (κ1) is 11.3. The molecule has 0 spiro atoms. The Bertz CT molecular complexity index is 331. The van der Waals surface area contributed by atoms with Crippen LogP contribution in [0.15, 0.2) is 18.2 Å². The van der Waals surface area contributed by atoms with E-state index in [0.717, 1.165) is 17.7 Å². The van der Waals surface area contributed by atoms with Crippen molar-refractivity contribution in [3.63, 3.8) is 0 Å². The Labute approximate surface area is 90.9 Å². The van der Waals surface area contributed by atoms with Crippen LogP contribution in [0.25, 0.3) is 0 Å². The molecule has 1 aromatic carbocycles. The molecule has 0 radical (unpaired) electrons. The van der Waals surface area contributed by atoms with Crippen LogP contribution in [0.3, 0.4) is 0 Å². The third-order valence-corrected chi connectivity index (χ3v) is 2.46. The van der Waals surface area contributed by atoms with Crippen molar-refractivity contribution in [2.24, 2.45) is 0 Å². The number of aryl methyl sites for hydroxylation is 2. The Morgan fingerprint density at radius 3 is 2.64 bits per heavy atom. The maximum Gasteiger partial charge on any atom is 0.134 e. The highest BCUT2D eigenvalue weighted by atomic mass is 32.1. The van der Waals surface area contributed by atoms with E-state index < -0.39 is 0 Å². The Morgan fingerprint density at radius 1 is 1.43 bits per heavy atom. The fourth-order valence-corrected chi connectivity index (χ4v) is 1.80. The fraction of sp³-hybridized carbons (Fsp3) is 0.417. The van der Waals surface area contributed by atoms with Crippen LogP contribution >= 0.6 is 12.6 Å². The Kier molecular flexibility index (Phi) is 4.21. The first-order valence-electron chi connectivity index (χ1n) is 4.82. The largest absolute Gasteiger partial charge is 0.300 e. The Balaban J connectivity index is 2.83. The van der Waals surface area contributed by atoms with Gasteiger partial charge in [0.1, 0.15) is 5.78 Å². The third kappa shape index (κ3) is 3.18. The number of thiol groups is 1. The molecule has 0 unspecified atom stereocenters. The molecule has 0 heterocycles. The van der Waals surface area contributed by atoms with Gasteiger partial charge >= 0.3 is 0 Å². The van der Waals surface area contributed by atoms with Gasteiger partial charge in [-0.2, -0.15) is 12.6 Å². The van der Waals surface area contributed by atoms with Crippen molar-refractivity contribution >= 4 is 18.4 Å². The highest BCUT2D eigenvalue weighted by Gasteiger charge is 2.01. The summed E-state index contributed by atoms with van der Waals surface area (Å²) in [6.45, 7) is 3.71. The van der Waals surface area contributed by atoms with Crippen molar-refractivity contribution in [1.82, 2.24) is 0 Å². The minimum Gasteiger partial charge on any atom is -0.300 e. The van der Waals surface area contributed by atoms with Gasteiger partial charge in [-0.3, -0.25) is 4.79 Å². The van der Waals surface area contributed by atoms with Crippen LogP contribution in [0, 0.1) is 6.92 Å². The summed E-state index contributed by atoms with van der Waals surface area (Å²) < 4.78 is 0. The molecule has 0 aliphatic heterocycles. The summed E-state index contributed by atoms with van der Waals surface area (Å²) in [5.74, 6) is 1.08. The summed E-state index contributed by atoms with van der Waals surface area (Å²) in [4.78, 5) is 10.9.